The van der Waals surface area contributed by atoms with Gasteiger partial charge in [0.15, 0.2) is 0 Å². The van der Waals surface area contributed by atoms with Gasteiger partial charge in [0.05, 0.1) is 30.3 Å². The molecule has 0 saturated heterocycles. The van der Waals surface area contributed by atoms with Gasteiger partial charge in [-0.05, 0) is 30.3 Å². The van der Waals surface area contributed by atoms with E-state index in [0.29, 0.717) is 17.9 Å². The summed E-state index contributed by atoms with van der Waals surface area (Å²) in [4.78, 5) is 18.4. The number of nitrogens with one attached hydrogen (secondary N) is 1. The van der Waals surface area contributed by atoms with E-state index in [1.54, 1.807) is 24.7 Å². The lowest BCUT2D eigenvalue weighted by molar-refractivity contribution is 0.0947. The molecular weight excluding hydrogens is 290 g/mol. The van der Waals surface area contributed by atoms with E-state index in [1.165, 1.54) is 0 Å². The molecule has 0 fully saturated rings. The van der Waals surface area contributed by atoms with Crippen LogP contribution in [0.3, 0.4) is 0 Å². The molecule has 0 unspecified atom stereocenters. The first-order valence-electron chi connectivity index (χ1n) is 7.28. The Labute approximate surface area is 134 Å². The van der Waals surface area contributed by atoms with Crippen LogP contribution in [0.15, 0.2) is 71.6 Å². The number of furan rings is 1. The number of aromatic nitrogens is 1. The van der Waals surface area contributed by atoms with Gasteiger partial charge in [0.1, 0.15) is 5.76 Å². The van der Waals surface area contributed by atoms with Crippen molar-refractivity contribution in [3.63, 3.8) is 0 Å². The number of nitrogens with zero attached hydrogens (tertiary/aromatic N) is 2. The average Bonchev–Trinajstić information content (AvgIpc) is 3.13. The number of hydrogen-bond donors (Lipinski definition) is 1. The Morgan fingerprint density at radius 2 is 1.96 bits per heavy atom. The molecule has 3 aromatic rings. The summed E-state index contributed by atoms with van der Waals surface area (Å²) in [6, 6.07) is 15.3. The second-order valence-electron chi connectivity index (χ2n) is 5.09. The molecule has 0 atom stereocenters. The van der Waals surface area contributed by atoms with Crippen LogP contribution in [-0.4, -0.2) is 17.9 Å². The van der Waals surface area contributed by atoms with Gasteiger partial charge in [-0.1, -0.05) is 18.2 Å². The third kappa shape index (κ3) is 3.58. The van der Waals surface area contributed by atoms with E-state index in [2.05, 4.69) is 10.3 Å². The van der Waals surface area contributed by atoms with E-state index in [-0.39, 0.29) is 5.91 Å². The largest absolute Gasteiger partial charge is 0.467 e. The fourth-order valence-electron chi connectivity index (χ4n) is 2.22. The zero-order chi connectivity index (χ0) is 16.1. The van der Waals surface area contributed by atoms with Gasteiger partial charge >= 0.3 is 0 Å². The van der Waals surface area contributed by atoms with Gasteiger partial charge in [-0.25, -0.2) is 0 Å². The molecule has 5 nitrogen and oxygen atoms in total. The van der Waals surface area contributed by atoms with Gasteiger partial charge in [-0.15, -0.1) is 0 Å². The van der Waals surface area contributed by atoms with Crippen LogP contribution in [0.4, 0.5) is 11.4 Å². The molecule has 1 aromatic carbocycles. The first-order chi connectivity index (χ1) is 11.2. The topological polar surface area (TPSA) is 58.4 Å². The SMILES string of the molecule is CN(c1ccccc1)c1cncc(C(=O)NCc2ccco2)c1. The number of carbonyl (C=O) groups is 1. The summed E-state index contributed by atoms with van der Waals surface area (Å²) in [7, 11) is 1.94. The van der Waals surface area contributed by atoms with E-state index in [1.807, 2.05) is 54.4 Å². The van der Waals surface area contributed by atoms with Crippen molar-refractivity contribution in [2.45, 2.75) is 6.54 Å². The van der Waals surface area contributed by atoms with Gasteiger partial charge in [-0.3, -0.25) is 9.78 Å². The van der Waals surface area contributed by atoms with E-state index in [4.69, 9.17) is 4.42 Å². The van der Waals surface area contributed by atoms with Gasteiger partial charge < -0.3 is 14.6 Å². The van der Waals surface area contributed by atoms with Gasteiger partial charge in [0, 0.05) is 18.9 Å². The van der Waals surface area contributed by atoms with Crippen LogP contribution in [0.25, 0.3) is 0 Å². The molecule has 0 aliphatic heterocycles. The molecular formula is C18H17N3O2. The van der Waals surface area contributed by atoms with Crippen LogP contribution in [-0.2, 0) is 6.54 Å². The standard InChI is InChI=1S/C18H17N3O2/c1-21(15-6-3-2-4-7-15)16-10-14(11-19-12-16)18(22)20-13-17-8-5-9-23-17/h2-12H,13H2,1H3,(H,20,22). The lowest BCUT2D eigenvalue weighted by Crippen LogP contribution is -2.23. The second kappa shape index (κ2) is 6.79. The first kappa shape index (κ1) is 14.8. The Balaban J connectivity index is 1.73. The van der Waals surface area contributed by atoms with Crippen LogP contribution >= 0.6 is 0 Å². The van der Waals surface area contributed by atoms with Crippen LogP contribution < -0.4 is 10.2 Å². The molecule has 0 spiro atoms. The van der Waals surface area contributed by atoms with Crippen LogP contribution in [0.2, 0.25) is 0 Å². The van der Waals surface area contributed by atoms with Gasteiger partial charge in [0.2, 0.25) is 0 Å². The smallest absolute Gasteiger partial charge is 0.253 e. The molecule has 2 heterocycles. The lowest BCUT2D eigenvalue weighted by atomic mass is 10.2. The minimum Gasteiger partial charge on any atom is -0.467 e. The highest BCUT2D eigenvalue weighted by Gasteiger charge is 2.10. The molecule has 0 saturated carbocycles. The molecule has 0 radical (unpaired) electrons. The van der Waals surface area contributed by atoms with Crippen molar-refractivity contribution in [2.75, 3.05) is 11.9 Å². The Bertz CT molecular complexity index is 770. The molecule has 0 aliphatic rings. The molecule has 1 amide bonds. The molecule has 116 valence electrons. The monoisotopic (exact) mass is 307 g/mol. The van der Waals surface area contributed by atoms with Crippen LogP contribution in [0, 0.1) is 0 Å². The molecule has 1 N–H and O–H groups in total. The van der Waals surface area contributed by atoms with E-state index < -0.39 is 0 Å². The van der Waals surface area contributed by atoms with Gasteiger partial charge in [-0.2, -0.15) is 0 Å². The second-order valence-corrected chi connectivity index (χ2v) is 5.09. The van der Waals surface area contributed by atoms with Crippen LogP contribution in [0.1, 0.15) is 16.1 Å². The third-order valence-corrected chi connectivity index (χ3v) is 3.52. The summed E-state index contributed by atoms with van der Waals surface area (Å²) < 4.78 is 5.20. The summed E-state index contributed by atoms with van der Waals surface area (Å²) in [5.41, 5.74) is 2.39. The van der Waals surface area contributed by atoms with Crippen molar-refractivity contribution in [3.8, 4) is 0 Å². The minimum atomic E-state index is -0.183. The highest BCUT2D eigenvalue weighted by Crippen LogP contribution is 2.22. The number of hydrogen-bond acceptors (Lipinski definition) is 4. The molecule has 23 heavy (non-hydrogen) atoms. The Morgan fingerprint density at radius 3 is 2.70 bits per heavy atom. The van der Waals surface area contributed by atoms with Crippen molar-refractivity contribution in [1.29, 1.82) is 0 Å². The van der Waals surface area contributed by atoms with Crippen LogP contribution in [0.5, 0.6) is 0 Å². The number of anilines is 2. The molecule has 2 aromatic heterocycles. The van der Waals surface area contributed by atoms with Crippen molar-refractivity contribution < 1.29 is 9.21 Å². The molecule has 5 heteroatoms. The summed E-state index contributed by atoms with van der Waals surface area (Å²) in [5.74, 6) is 0.529. The van der Waals surface area contributed by atoms with Crippen molar-refractivity contribution >= 4 is 17.3 Å². The number of rotatable bonds is 5. The summed E-state index contributed by atoms with van der Waals surface area (Å²) in [5, 5.41) is 2.82. The maximum absolute atomic E-state index is 12.2. The Kier molecular flexibility index (Phi) is 4.38. The third-order valence-electron chi connectivity index (χ3n) is 3.52. The number of pyridine rings is 1. The predicted molar refractivity (Wildman–Crippen MR) is 88.6 cm³/mol. The van der Waals surface area contributed by atoms with Gasteiger partial charge in [0.25, 0.3) is 5.91 Å². The summed E-state index contributed by atoms with van der Waals surface area (Å²) in [6.07, 6.45) is 4.87. The van der Waals surface area contributed by atoms with E-state index in [9.17, 15) is 4.79 Å². The van der Waals surface area contributed by atoms with Crippen molar-refractivity contribution in [2.24, 2.45) is 0 Å². The Morgan fingerprint density at radius 1 is 1.13 bits per heavy atom. The highest BCUT2D eigenvalue weighted by atomic mass is 16.3. The fourth-order valence-corrected chi connectivity index (χ4v) is 2.22. The number of carbonyl (C=O) groups excluding carboxylic acids is 1. The minimum absolute atomic E-state index is 0.183. The average molecular weight is 307 g/mol. The molecule has 0 bridgehead atoms. The van der Waals surface area contributed by atoms with E-state index >= 15 is 0 Å². The number of para-hydroxylation sites is 1. The first-order valence-corrected chi connectivity index (χ1v) is 7.28. The molecule has 3 rings (SSSR count). The number of amides is 1. The quantitative estimate of drug-likeness (QED) is 0.785. The maximum Gasteiger partial charge on any atom is 0.253 e. The predicted octanol–water partition coefficient (Wildman–Crippen LogP) is 3.37. The summed E-state index contributed by atoms with van der Waals surface area (Å²) in [6.45, 7) is 0.352. The zero-order valence-electron chi connectivity index (χ0n) is 12.8. The normalized spacial score (nSPS) is 10.3. The van der Waals surface area contributed by atoms with E-state index in [0.717, 1.165) is 11.4 Å². The molecule has 0 aliphatic carbocycles. The Hall–Kier alpha value is -3.08. The van der Waals surface area contributed by atoms with Crippen molar-refractivity contribution in [1.82, 2.24) is 10.3 Å². The lowest BCUT2D eigenvalue weighted by Gasteiger charge is -2.19. The summed E-state index contributed by atoms with van der Waals surface area (Å²) >= 11 is 0. The maximum atomic E-state index is 12.2. The zero-order valence-corrected chi connectivity index (χ0v) is 12.8. The number of benzene rings is 1. The fraction of sp³-hybridized carbons (Fsp3) is 0.111. The highest BCUT2D eigenvalue weighted by molar-refractivity contribution is 5.94. The van der Waals surface area contributed by atoms with Crippen molar-refractivity contribution in [3.05, 3.63) is 78.5 Å².